The Hall–Kier alpha value is -1.69. The molecule has 18 heavy (non-hydrogen) atoms. The van der Waals surface area contributed by atoms with Crippen molar-refractivity contribution in [2.24, 2.45) is 0 Å². The third-order valence-corrected chi connectivity index (χ3v) is 3.62. The molecule has 2 heterocycles. The molecule has 2 rings (SSSR count). The van der Waals surface area contributed by atoms with Crippen LogP contribution in [0.5, 0.6) is 0 Å². The van der Waals surface area contributed by atoms with Crippen LogP contribution in [0.15, 0.2) is 24.7 Å². The summed E-state index contributed by atoms with van der Waals surface area (Å²) in [5.41, 5.74) is 0. The summed E-state index contributed by atoms with van der Waals surface area (Å²) in [4.78, 5) is 16.1. The van der Waals surface area contributed by atoms with Crippen LogP contribution in [0.3, 0.4) is 0 Å². The Morgan fingerprint density at radius 2 is 1.89 bits per heavy atom. The lowest BCUT2D eigenvalue weighted by atomic mass is 10.5. The van der Waals surface area contributed by atoms with Crippen LogP contribution >= 0.6 is 11.3 Å². The van der Waals surface area contributed by atoms with Crippen LogP contribution < -0.4 is 10.2 Å². The second-order valence-corrected chi connectivity index (χ2v) is 4.80. The molecular formula is C12H17N5S. The molecule has 5 nitrogen and oxygen atoms in total. The second kappa shape index (κ2) is 6.30. The van der Waals surface area contributed by atoms with Gasteiger partial charge in [0.15, 0.2) is 5.13 Å². The molecule has 0 atom stereocenters. The fourth-order valence-corrected chi connectivity index (χ4v) is 2.55. The quantitative estimate of drug-likeness (QED) is 0.867. The summed E-state index contributed by atoms with van der Waals surface area (Å²) in [6.07, 6.45) is 5.36. The Bertz CT molecular complexity index is 466. The van der Waals surface area contributed by atoms with Gasteiger partial charge in [-0.2, -0.15) is 0 Å². The Morgan fingerprint density at radius 1 is 1.17 bits per heavy atom. The topological polar surface area (TPSA) is 53.9 Å². The standard InChI is InChI=1S/C12H17N5S/c1-3-17(4-2)12-16-9-10(18-12)8-15-11-13-6-5-7-14-11/h5-7,9H,3-4,8H2,1-2H3,(H,13,14,15). The fraction of sp³-hybridized carbons (Fsp3) is 0.417. The smallest absolute Gasteiger partial charge is 0.222 e. The highest BCUT2D eigenvalue weighted by atomic mass is 32.1. The Labute approximate surface area is 111 Å². The number of hydrogen-bond acceptors (Lipinski definition) is 6. The first-order chi connectivity index (χ1) is 8.83. The number of aromatic nitrogens is 3. The maximum absolute atomic E-state index is 4.43. The van der Waals surface area contributed by atoms with E-state index >= 15 is 0 Å². The van der Waals surface area contributed by atoms with Gasteiger partial charge in [-0.25, -0.2) is 15.0 Å². The molecule has 2 aromatic heterocycles. The van der Waals surface area contributed by atoms with Gasteiger partial charge in [0.2, 0.25) is 5.95 Å². The van der Waals surface area contributed by atoms with Crippen LogP contribution in [0, 0.1) is 0 Å². The predicted octanol–water partition coefficient (Wildman–Crippen LogP) is 2.39. The summed E-state index contributed by atoms with van der Waals surface area (Å²) in [6.45, 7) is 6.96. The molecule has 0 radical (unpaired) electrons. The molecule has 0 unspecified atom stereocenters. The van der Waals surface area contributed by atoms with Gasteiger partial charge in [-0.05, 0) is 19.9 Å². The fourth-order valence-electron chi connectivity index (χ4n) is 1.58. The molecule has 0 saturated heterocycles. The number of rotatable bonds is 6. The predicted molar refractivity (Wildman–Crippen MR) is 75.0 cm³/mol. The van der Waals surface area contributed by atoms with Crippen LogP contribution in [-0.2, 0) is 6.54 Å². The SMILES string of the molecule is CCN(CC)c1ncc(CNc2ncccn2)s1. The van der Waals surface area contributed by atoms with Gasteiger partial charge in [0, 0.05) is 36.6 Å². The van der Waals surface area contributed by atoms with Crippen LogP contribution in [-0.4, -0.2) is 28.0 Å². The first-order valence-electron chi connectivity index (χ1n) is 6.04. The molecule has 6 heteroatoms. The van der Waals surface area contributed by atoms with Crippen molar-refractivity contribution in [3.05, 3.63) is 29.5 Å². The van der Waals surface area contributed by atoms with Gasteiger partial charge in [-0.3, -0.25) is 0 Å². The first kappa shape index (κ1) is 12.8. The molecular weight excluding hydrogens is 246 g/mol. The molecule has 0 bridgehead atoms. The van der Waals surface area contributed by atoms with Crippen LogP contribution in [0.2, 0.25) is 0 Å². The minimum atomic E-state index is 0.648. The second-order valence-electron chi connectivity index (χ2n) is 3.71. The van der Waals surface area contributed by atoms with E-state index in [1.165, 1.54) is 4.88 Å². The minimum absolute atomic E-state index is 0.648. The number of hydrogen-bond donors (Lipinski definition) is 1. The molecule has 0 aromatic carbocycles. The number of nitrogens with one attached hydrogen (secondary N) is 1. The third kappa shape index (κ3) is 3.16. The number of thiazole rings is 1. The molecule has 0 amide bonds. The molecule has 0 spiro atoms. The first-order valence-corrected chi connectivity index (χ1v) is 6.85. The minimum Gasteiger partial charge on any atom is -0.349 e. The van der Waals surface area contributed by atoms with E-state index in [-0.39, 0.29) is 0 Å². The average Bonchev–Trinajstić information content (AvgIpc) is 2.88. The highest BCUT2D eigenvalue weighted by Gasteiger charge is 2.07. The summed E-state index contributed by atoms with van der Waals surface area (Å²) in [5, 5.41) is 4.25. The van der Waals surface area contributed by atoms with Gasteiger partial charge < -0.3 is 10.2 Å². The Kier molecular flexibility index (Phi) is 4.46. The number of anilines is 2. The summed E-state index contributed by atoms with van der Waals surface area (Å²) < 4.78 is 0. The largest absolute Gasteiger partial charge is 0.349 e. The lowest BCUT2D eigenvalue weighted by molar-refractivity contribution is 0.860. The zero-order valence-electron chi connectivity index (χ0n) is 10.6. The van der Waals surface area contributed by atoms with E-state index in [2.05, 4.69) is 39.0 Å². The van der Waals surface area contributed by atoms with E-state index < -0.39 is 0 Å². The van der Waals surface area contributed by atoms with Gasteiger partial charge in [-0.1, -0.05) is 0 Å². The van der Waals surface area contributed by atoms with Crippen LogP contribution in [0.1, 0.15) is 18.7 Å². The van der Waals surface area contributed by atoms with Gasteiger partial charge in [0.05, 0.1) is 6.54 Å². The summed E-state index contributed by atoms with van der Waals surface area (Å²) in [5.74, 6) is 0.648. The van der Waals surface area contributed by atoms with E-state index in [0.717, 1.165) is 18.2 Å². The van der Waals surface area contributed by atoms with Crippen molar-refractivity contribution in [3.63, 3.8) is 0 Å². The molecule has 2 aromatic rings. The molecule has 0 aliphatic rings. The maximum atomic E-state index is 4.43. The normalized spacial score (nSPS) is 10.3. The molecule has 0 saturated carbocycles. The van der Waals surface area contributed by atoms with Gasteiger partial charge >= 0.3 is 0 Å². The van der Waals surface area contributed by atoms with E-state index in [1.54, 1.807) is 29.8 Å². The van der Waals surface area contributed by atoms with Crippen molar-refractivity contribution < 1.29 is 0 Å². The maximum Gasteiger partial charge on any atom is 0.222 e. The molecule has 96 valence electrons. The summed E-state index contributed by atoms with van der Waals surface area (Å²) in [7, 11) is 0. The van der Waals surface area contributed by atoms with E-state index in [9.17, 15) is 0 Å². The summed E-state index contributed by atoms with van der Waals surface area (Å²) >= 11 is 1.71. The lowest BCUT2D eigenvalue weighted by Crippen LogP contribution is -2.21. The van der Waals surface area contributed by atoms with Crippen LogP contribution in [0.4, 0.5) is 11.1 Å². The zero-order valence-corrected chi connectivity index (χ0v) is 11.4. The lowest BCUT2D eigenvalue weighted by Gasteiger charge is -2.16. The molecule has 0 aliphatic heterocycles. The highest BCUT2D eigenvalue weighted by molar-refractivity contribution is 7.15. The molecule has 1 N–H and O–H groups in total. The van der Waals surface area contributed by atoms with Crippen LogP contribution in [0.25, 0.3) is 0 Å². The highest BCUT2D eigenvalue weighted by Crippen LogP contribution is 2.22. The monoisotopic (exact) mass is 263 g/mol. The van der Waals surface area contributed by atoms with E-state index in [1.807, 2.05) is 6.20 Å². The Morgan fingerprint density at radius 3 is 2.56 bits per heavy atom. The van der Waals surface area contributed by atoms with Crippen molar-refractivity contribution in [2.75, 3.05) is 23.3 Å². The third-order valence-electron chi connectivity index (χ3n) is 2.56. The van der Waals surface area contributed by atoms with Crippen molar-refractivity contribution in [2.45, 2.75) is 20.4 Å². The van der Waals surface area contributed by atoms with Crippen molar-refractivity contribution in [1.82, 2.24) is 15.0 Å². The van der Waals surface area contributed by atoms with Gasteiger partial charge in [0.25, 0.3) is 0 Å². The van der Waals surface area contributed by atoms with E-state index in [0.29, 0.717) is 12.5 Å². The van der Waals surface area contributed by atoms with E-state index in [4.69, 9.17) is 0 Å². The molecule has 0 aliphatic carbocycles. The van der Waals surface area contributed by atoms with Gasteiger partial charge in [-0.15, -0.1) is 11.3 Å². The van der Waals surface area contributed by atoms with Gasteiger partial charge in [0.1, 0.15) is 0 Å². The average molecular weight is 263 g/mol. The van der Waals surface area contributed by atoms with Crippen molar-refractivity contribution in [1.29, 1.82) is 0 Å². The van der Waals surface area contributed by atoms with Crippen molar-refractivity contribution in [3.8, 4) is 0 Å². The summed E-state index contributed by atoms with van der Waals surface area (Å²) in [6, 6.07) is 1.80. The van der Waals surface area contributed by atoms with Crippen molar-refractivity contribution >= 4 is 22.4 Å². The molecule has 0 fully saturated rings. The number of nitrogens with zero attached hydrogens (tertiary/aromatic N) is 4. The zero-order chi connectivity index (χ0) is 12.8. The Balaban J connectivity index is 1.95.